The molecule has 0 aliphatic carbocycles. The van der Waals surface area contributed by atoms with Crippen LogP contribution < -0.4 is 0 Å². The summed E-state index contributed by atoms with van der Waals surface area (Å²) in [5, 5.41) is 27.2. The van der Waals surface area contributed by atoms with E-state index in [9.17, 15) is 14.7 Å². The third-order valence-electron chi connectivity index (χ3n) is 2.60. The molecule has 2 unspecified atom stereocenters. The van der Waals surface area contributed by atoms with Crippen LogP contribution in [-0.2, 0) is 9.59 Å². The molecule has 15 heavy (non-hydrogen) atoms. The van der Waals surface area contributed by atoms with Crippen molar-refractivity contribution in [3.63, 3.8) is 0 Å². The smallest absolute Gasteiger partial charge is 0.336 e. The lowest BCUT2D eigenvalue weighted by Crippen LogP contribution is -2.46. The Balaban J connectivity index is 4.61. The Morgan fingerprint density at radius 1 is 1.33 bits per heavy atom. The van der Waals surface area contributed by atoms with Gasteiger partial charge in [-0.25, -0.2) is 4.79 Å². The first-order chi connectivity index (χ1) is 6.84. The Morgan fingerprint density at radius 3 is 2.20 bits per heavy atom. The number of aliphatic hydroxyl groups is 1. The van der Waals surface area contributed by atoms with E-state index in [1.807, 2.05) is 6.92 Å². The molecule has 5 heteroatoms. The first kappa shape index (κ1) is 13.9. The standard InChI is InChI=1S/C10H18O5/c1-3-4-5-7(2)10(15,9(13)14)6-8(11)12/h7,15H,3-6H2,1-2H3,(H,11,12)(H,13,14). The Labute approximate surface area is 88.7 Å². The highest BCUT2D eigenvalue weighted by Crippen LogP contribution is 2.26. The fraction of sp³-hybridized carbons (Fsp3) is 0.800. The fourth-order valence-electron chi connectivity index (χ4n) is 1.44. The van der Waals surface area contributed by atoms with Gasteiger partial charge in [0.25, 0.3) is 0 Å². The van der Waals surface area contributed by atoms with E-state index in [1.54, 1.807) is 6.92 Å². The van der Waals surface area contributed by atoms with Gasteiger partial charge < -0.3 is 15.3 Å². The van der Waals surface area contributed by atoms with Crippen molar-refractivity contribution in [2.75, 3.05) is 0 Å². The average molecular weight is 218 g/mol. The van der Waals surface area contributed by atoms with E-state index in [-0.39, 0.29) is 0 Å². The van der Waals surface area contributed by atoms with Crippen LogP contribution in [0.5, 0.6) is 0 Å². The lowest BCUT2D eigenvalue weighted by molar-refractivity contribution is -0.171. The average Bonchev–Trinajstić information content (AvgIpc) is 2.12. The second-order valence-electron chi connectivity index (χ2n) is 3.84. The molecule has 0 aliphatic rings. The molecule has 0 rings (SSSR count). The van der Waals surface area contributed by atoms with Crippen molar-refractivity contribution in [3.05, 3.63) is 0 Å². The molecule has 5 nitrogen and oxygen atoms in total. The molecule has 0 heterocycles. The summed E-state index contributed by atoms with van der Waals surface area (Å²) in [5.41, 5.74) is -2.15. The summed E-state index contributed by atoms with van der Waals surface area (Å²) in [4.78, 5) is 21.3. The number of carboxylic acid groups (broad SMARTS) is 2. The van der Waals surface area contributed by atoms with Gasteiger partial charge in [0.2, 0.25) is 0 Å². The van der Waals surface area contributed by atoms with Crippen LogP contribution in [0.4, 0.5) is 0 Å². The van der Waals surface area contributed by atoms with E-state index in [0.29, 0.717) is 6.42 Å². The van der Waals surface area contributed by atoms with E-state index in [0.717, 1.165) is 12.8 Å². The van der Waals surface area contributed by atoms with Gasteiger partial charge in [-0.05, 0) is 12.3 Å². The summed E-state index contributed by atoms with van der Waals surface area (Å²) in [6.07, 6.45) is 1.41. The number of carboxylic acids is 2. The first-order valence-electron chi connectivity index (χ1n) is 5.02. The minimum Gasteiger partial charge on any atom is -0.481 e. The number of carbonyl (C=O) groups is 2. The van der Waals surface area contributed by atoms with Crippen molar-refractivity contribution < 1.29 is 24.9 Å². The Hall–Kier alpha value is -1.10. The summed E-state index contributed by atoms with van der Waals surface area (Å²) >= 11 is 0. The molecule has 0 saturated heterocycles. The maximum Gasteiger partial charge on any atom is 0.336 e. The fourth-order valence-corrected chi connectivity index (χ4v) is 1.44. The van der Waals surface area contributed by atoms with Gasteiger partial charge in [0.15, 0.2) is 5.60 Å². The highest BCUT2D eigenvalue weighted by molar-refractivity contribution is 5.83. The monoisotopic (exact) mass is 218 g/mol. The van der Waals surface area contributed by atoms with E-state index in [1.165, 1.54) is 0 Å². The van der Waals surface area contributed by atoms with Crippen molar-refractivity contribution in [2.24, 2.45) is 5.92 Å². The highest BCUT2D eigenvalue weighted by atomic mass is 16.4. The van der Waals surface area contributed by atoms with Crippen LogP contribution >= 0.6 is 0 Å². The Bertz CT molecular complexity index is 238. The van der Waals surface area contributed by atoms with Gasteiger partial charge in [0.05, 0.1) is 6.42 Å². The van der Waals surface area contributed by atoms with Crippen molar-refractivity contribution >= 4 is 11.9 Å². The zero-order chi connectivity index (χ0) is 12.1. The van der Waals surface area contributed by atoms with E-state index in [4.69, 9.17) is 10.2 Å². The molecule has 88 valence electrons. The number of hydrogen-bond donors (Lipinski definition) is 3. The van der Waals surface area contributed by atoms with Crippen molar-refractivity contribution in [3.8, 4) is 0 Å². The van der Waals surface area contributed by atoms with Crippen LogP contribution in [0.2, 0.25) is 0 Å². The molecule has 0 saturated carbocycles. The normalized spacial score (nSPS) is 16.7. The summed E-state index contributed by atoms with van der Waals surface area (Å²) < 4.78 is 0. The molecule has 0 bridgehead atoms. The molecule has 0 aromatic rings. The van der Waals surface area contributed by atoms with E-state index < -0.39 is 29.9 Å². The molecular formula is C10H18O5. The Kier molecular flexibility index (Phi) is 5.28. The summed E-state index contributed by atoms with van der Waals surface area (Å²) in [6, 6.07) is 0. The predicted molar refractivity (Wildman–Crippen MR) is 53.5 cm³/mol. The molecule has 0 aliphatic heterocycles. The minimum absolute atomic E-state index is 0.507. The maximum atomic E-state index is 10.8. The summed E-state index contributed by atoms with van der Waals surface area (Å²) in [7, 11) is 0. The van der Waals surface area contributed by atoms with Crippen LogP contribution in [0.25, 0.3) is 0 Å². The molecule has 0 fully saturated rings. The molecule has 3 N–H and O–H groups in total. The zero-order valence-electron chi connectivity index (χ0n) is 9.06. The van der Waals surface area contributed by atoms with Gasteiger partial charge in [-0.2, -0.15) is 0 Å². The maximum absolute atomic E-state index is 10.8. The zero-order valence-corrected chi connectivity index (χ0v) is 9.06. The van der Waals surface area contributed by atoms with Gasteiger partial charge in [0.1, 0.15) is 0 Å². The van der Waals surface area contributed by atoms with Gasteiger partial charge in [-0.15, -0.1) is 0 Å². The molecule has 2 atom stereocenters. The van der Waals surface area contributed by atoms with Gasteiger partial charge in [0, 0.05) is 0 Å². The largest absolute Gasteiger partial charge is 0.481 e. The van der Waals surface area contributed by atoms with E-state index >= 15 is 0 Å². The molecule has 0 radical (unpaired) electrons. The summed E-state index contributed by atoms with van der Waals surface area (Å²) in [6.45, 7) is 3.51. The van der Waals surface area contributed by atoms with Crippen LogP contribution in [0, 0.1) is 5.92 Å². The van der Waals surface area contributed by atoms with Crippen LogP contribution in [0.1, 0.15) is 39.5 Å². The molecule has 0 spiro atoms. The number of unbranched alkanes of at least 4 members (excludes halogenated alkanes) is 1. The van der Waals surface area contributed by atoms with Gasteiger partial charge in [-0.3, -0.25) is 4.79 Å². The minimum atomic E-state index is -2.15. The quantitative estimate of drug-likeness (QED) is 0.594. The predicted octanol–water partition coefficient (Wildman–Crippen LogP) is 1.10. The van der Waals surface area contributed by atoms with Crippen LogP contribution in [0.3, 0.4) is 0 Å². The van der Waals surface area contributed by atoms with Gasteiger partial charge >= 0.3 is 11.9 Å². The van der Waals surface area contributed by atoms with Crippen molar-refractivity contribution in [1.29, 1.82) is 0 Å². The number of aliphatic carboxylic acids is 2. The van der Waals surface area contributed by atoms with Crippen LogP contribution in [0.15, 0.2) is 0 Å². The third-order valence-corrected chi connectivity index (χ3v) is 2.60. The molecule has 0 amide bonds. The SMILES string of the molecule is CCCCC(C)C(O)(CC(=O)O)C(=O)O. The second-order valence-corrected chi connectivity index (χ2v) is 3.84. The molecular weight excluding hydrogens is 200 g/mol. The number of hydrogen-bond acceptors (Lipinski definition) is 3. The second kappa shape index (κ2) is 5.70. The van der Waals surface area contributed by atoms with Crippen molar-refractivity contribution in [2.45, 2.75) is 45.1 Å². The lowest BCUT2D eigenvalue weighted by atomic mass is 9.82. The highest BCUT2D eigenvalue weighted by Gasteiger charge is 2.43. The van der Waals surface area contributed by atoms with Crippen LogP contribution in [-0.4, -0.2) is 32.9 Å². The molecule has 0 aromatic carbocycles. The van der Waals surface area contributed by atoms with Crippen molar-refractivity contribution in [1.82, 2.24) is 0 Å². The van der Waals surface area contributed by atoms with Gasteiger partial charge in [-0.1, -0.05) is 26.7 Å². The third kappa shape index (κ3) is 3.87. The molecule has 0 aromatic heterocycles. The first-order valence-corrected chi connectivity index (χ1v) is 5.02. The Morgan fingerprint density at radius 2 is 1.87 bits per heavy atom. The number of rotatable bonds is 7. The van der Waals surface area contributed by atoms with E-state index in [2.05, 4.69) is 0 Å². The summed E-state index contributed by atoms with van der Waals surface area (Å²) in [5.74, 6) is -3.33. The lowest BCUT2D eigenvalue weighted by Gasteiger charge is -2.28. The topological polar surface area (TPSA) is 94.8 Å².